The van der Waals surface area contributed by atoms with Gasteiger partial charge in [0.05, 0.1) is 0 Å². The van der Waals surface area contributed by atoms with Crippen molar-refractivity contribution in [3.8, 4) is 0 Å². The minimum atomic E-state index is -0.240. The average molecular weight is 430 g/mol. The molecular weight excluding hydrogens is 401 g/mol. The summed E-state index contributed by atoms with van der Waals surface area (Å²) in [5.41, 5.74) is 4.81. The van der Waals surface area contributed by atoms with Crippen molar-refractivity contribution in [1.29, 1.82) is 0 Å². The Labute approximate surface area is 188 Å². The summed E-state index contributed by atoms with van der Waals surface area (Å²) in [6.07, 6.45) is 1.81. The molecule has 2 amide bonds. The molecule has 1 fully saturated rings. The van der Waals surface area contributed by atoms with Crippen LogP contribution in [-0.4, -0.2) is 30.6 Å². The number of aryl methyl sites for hydroxylation is 1. The van der Waals surface area contributed by atoms with E-state index in [-0.39, 0.29) is 17.3 Å². The normalized spacial score (nSPS) is 17.4. The molecule has 0 bridgehead atoms. The van der Waals surface area contributed by atoms with Gasteiger partial charge in [0.1, 0.15) is 5.82 Å². The summed E-state index contributed by atoms with van der Waals surface area (Å²) < 4.78 is 14.2. The van der Waals surface area contributed by atoms with Crippen molar-refractivity contribution in [2.24, 2.45) is 0 Å². The molecule has 1 saturated heterocycles. The second kappa shape index (κ2) is 8.40. The molecule has 2 heterocycles. The number of hydrogen-bond acceptors (Lipinski definition) is 2. The summed E-state index contributed by atoms with van der Waals surface area (Å²) >= 11 is 0. The predicted molar refractivity (Wildman–Crippen MR) is 127 cm³/mol. The molecule has 1 spiro atoms. The summed E-state index contributed by atoms with van der Waals surface area (Å²) in [4.78, 5) is 17.4. The third-order valence-electron chi connectivity index (χ3n) is 6.89. The molecule has 2 aliphatic heterocycles. The molecule has 0 radical (unpaired) electrons. The Bertz CT molecular complexity index is 1110. The van der Waals surface area contributed by atoms with E-state index in [0.717, 1.165) is 55.0 Å². The highest BCUT2D eigenvalue weighted by molar-refractivity contribution is 6.03. The van der Waals surface area contributed by atoms with Crippen LogP contribution in [0.5, 0.6) is 0 Å². The van der Waals surface area contributed by atoms with E-state index in [0.29, 0.717) is 6.54 Å². The highest BCUT2D eigenvalue weighted by Crippen LogP contribution is 2.47. The number of carbonyl (C=O) groups is 1. The molecule has 0 aliphatic carbocycles. The van der Waals surface area contributed by atoms with Crippen LogP contribution in [0.25, 0.3) is 0 Å². The van der Waals surface area contributed by atoms with E-state index in [1.807, 2.05) is 37.3 Å². The number of piperidine rings is 1. The summed E-state index contributed by atoms with van der Waals surface area (Å²) in [6.45, 7) is 5.38. The lowest BCUT2D eigenvalue weighted by atomic mass is 9.74. The largest absolute Gasteiger partial charge is 0.326 e. The lowest BCUT2D eigenvalue weighted by molar-refractivity contribution is 0.160. The zero-order valence-electron chi connectivity index (χ0n) is 18.4. The third kappa shape index (κ3) is 4.00. The van der Waals surface area contributed by atoms with Crippen molar-refractivity contribution in [3.05, 3.63) is 95.3 Å². The number of hydrogen-bond donors (Lipinski definition) is 1. The van der Waals surface area contributed by atoms with Crippen molar-refractivity contribution in [2.75, 3.05) is 29.9 Å². The van der Waals surface area contributed by atoms with Crippen molar-refractivity contribution in [2.45, 2.75) is 31.7 Å². The maximum absolute atomic E-state index is 14.2. The van der Waals surface area contributed by atoms with Gasteiger partial charge in [-0.25, -0.2) is 9.18 Å². The number of amides is 2. The predicted octanol–water partition coefficient (Wildman–Crippen LogP) is 5.72. The number of urea groups is 1. The summed E-state index contributed by atoms with van der Waals surface area (Å²) in [6, 6.07) is 22.9. The number of benzene rings is 3. The van der Waals surface area contributed by atoms with Crippen molar-refractivity contribution in [1.82, 2.24) is 4.90 Å². The van der Waals surface area contributed by atoms with E-state index in [1.54, 1.807) is 17.0 Å². The van der Waals surface area contributed by atoms with E-state index in [9.17, 15) is 9.18 Å². The van der Waals surface area contributed by atoms with Gasteiger partial charge < -0.3 is 5.32 Å². The third-order valence-corrected chi connectivity index (χ3v) is 6.89. The van der Waals surface area contributed by atoms with Crippen LogP contribution >= 0.6 is 0 Å². The molecule has 5 rings (SSSR count). The first-order valence-corrected chi connectivity index (χ1v) is 11.2. The van der Waals surface area contributed by atoms with Gasteiger partial charge in [-0.15, -0.1) is 0 Å². The Balaban J connectivity index is 1.35. The van der Waals surface area contributed by atoms with Gasteiger partial charge in [-0.05, 0) is 74.3 Å². The van der Waals surface area contributed by atoms with Crippen molar-refractivity contribution in [3.63, 3.8) is 0 Å². The van der Waals surface area contributed by atoms with E-state index < -0.39 is 0 Å². The minimum Gasteiger partial charge on any atom is -0.308 e. The SMILES string of the molecule is Cc1ccc(NC(=O)N2CC3(CCN(Cc4ccccc4)CC3)c3cc(F)ccc32)cc1. The summed E-state index contributed by atoms with van der Waals surface area (Å²) in [5.74, 6) is -0.240. The van der Waals surface area contributed by atoms with Crippen LogP contribution in [-0.2, 0) is 12.0 Å². The van der Waals surface area contributed by atoms with Gasteiger partial charge in [0.2, 0.25) is 0 Å². The Morgan fingerprint density at radius 2 is 1.72 bits per heavy atom. The molecule has 32 heavy (non-hydrogen) atoms. The molecule has 1 N–H and O–H groups in total. The monoisotopic (exact) mass is 429 g/mol. The summed E-state index contributed by atoms with van der Waals surface area (Å²) in [7, 11) is 0. The lowest BCUT2D eigenvalue weighted by Crippen LogP contribution is -2.46. The van der Waals surface area contributed by atoms with Crippen LogP contribution in [0.1, 0.15) is 29.5 Å². The molecule has 164 valence electrons. The zero-order chi connectivity index (χ0) is 22.1. The fraction of sp³-hybridized carbons (Fsp3) is 0.296. The van der Waals surface area contributed by atoms with E-state index in [4.69, 9.17) is 0 Å². The Morgan fingerprint density at radius 3 is 2.44 bits per heavy atom. The van der Waals surface area contributed by atoms with Crippen LogP contribution in [0, 0.1) is 12.7 Å². The second-order valence-corrected chi connectivity index (χ2v) is 9.09. The Hall–Kier alpha value is -3.18. The van der Waals surface area contributed by atoms with Gasteiger partial charge >= 0.3 is 6.03 Å². The molecular formula is C27H28FN3O. The fourth-order valence-electron chi connectivity index (χ4n) is 5.06. The lowest BCUT2D eigenvalue weighted by Gasteiger charge is -2.40. The first-order valence-electron chi connectivity index (χ1n) is 11.2. The maximum atomic E-state index is 14.2. The van der Waals surface area contributed by atoms with Crippen LogP contribution in [0.3, 0.4) is 0 Å². The van der Waals surface area contributed by atoms with Crippen molar-refractivity contribution >= 4 is 17.4 Å². The van der Waals surface area contributed by atoms with Crippen LogP contribution in [0.4, 0.5) is 20.6 Å². The highest BCUT2D eigenvalue weighted by atomic mass is 19.1. The first-order chi connectivity index (χ1) is 15.5. The first kappa shape index (κ1) is 20.7. The zero-order valence-corrected chi connectivity index (χ0v) is 18.4. The Morgan fingerprint density at radius 1 is 1.00 bits per heavy atom. The van der Waals surface area contributed by atoms with Crippen LogP contribution in [0.2, 0.25) is 0 Å². The van der Waals surface area contributed by atoms with Gasteiger partial charge in [0, 0.05) is 29.9 Å². The maximum Gasteiger partial charge on any atom is 0.326 e. The Kier molecular flexibility index (Phi) is 5.43. The molecule has 0 unspecified atom stereocenters. The number of likely N-dealkylation sites (tertiary alicyclic amines) is 1. The minimum absolute atomic E-state index is 0.162. The topological polar surface area (TPSA) is 35.6 Å². The number of fused-ring (bicyclic) bond motifs is 2. The molecule has 3 aromatic rings. The molecule has 4 nitrogen and oxygen atoms in total. The molecule has 5 heteroatoms. The number of halogens is 1. The molecule has 0 atom stereocenters. The molecule has 0 saturated carbocycles. The number of carbonyl (C=O) groups excluding carboxylic acids is 1. The molecule has 0 aromatic heterocycles. The smallest absolute Gasteiger partial charge is 0.308 e. The van der Waals surface area contributed by atoms with Gasteiger partial charge in [-0.3, -0.25) is 9.80 Å². The quantitative estimate of drug-likeness (QED) is 0.578. The number of anilines is 2. The van der Waals surface area contributed by atoms with Gasteiger partial charge in [0.25, 0.3) is 0 Å². The molecule has 3 aromatic carbocycles. The van der Waals surface area contributed by atoms with E-state index in [1.165, 1.54) is 11.6 Å². The number of nitrogens with one attached hydrogen (secondary N) is 1. The van der Waals surface area contributed by atoms with E-state index in [2.05, 4.69) is 34.5 Å². The van der Waals surface area contributed by atoms with Gasteiger partial charge in [-0.1, -0.05) is 48.0 Å². The molecule has 2 aliphatic rings. The van der Waals surface area contributed by atoms with Crippen molar-refractivity contribution < 1.29 is 9.18 Å². The second-order valence-electron chi connectivity index (χ2n) is 9.09. The van der Waals surface area contributed by atoms with E-state index >= 15 is 0 Å². The number of nitrogens with zero attached hydrogens (tertiary/aromatic N) is 2. The van der Waals surface area contributed by atoms with Crippen LogP contribution < -0.4 is 10.2 Å². The standard InChI is InChI=1S/C27H28FN3O/c1-20-7-10-23(11-8-20)29-26(32)31-19-27(24-17-22(28)9-12-25(24)31)13-15-30(16-14-27)18-21-5-3-2-4-6-21/h2-12,17H,13-16,18-19H2,1H3,(H,29,32). The number of rotatable bonds is 3. The van der Waals surface area contributed by atoms with Gasteiger partial charge in [-0.2, -0.15) is 0 Å². The van der Waals surface area contributed by atoms with Gasteiger partial charge in [0.15, 0.2) is 0 Å². The highest BCUT2D eigenvalue weighted by Gasteiger charge is 2.46. The van der Waals surface area contributed by atoms with Crippen LogP contribution in [0.15, 0.2) is 72.8 Å². The summed E-state index contributed by atoms with van der Waals surface area (Å²) in [5, 5.41) is 3.01. The fourth-order valence-corrected chi connectivity index (χ4v) is 5.06. The average Bonchev–Trinajstić information content (AvgIpc) is 3.11.